The molecule has 0 spiro atoms. The Morgan fingerprint density at radius 1 is 1.17 bits per heavy atom. The maximum atomic E-state index is 11.5. The fourth-order valence-electron chi connectivity index (χ4n) is 5.28. The number of fused-ring (bicyclic) bond motifs is 2. The highest BCUT2D eigenvalue weighted by Gasteiger charge is 2.23. The molecule has 0 unspecified atom stereocenters. The number of hydrogen-bond donors (Lipinski definition) is 1. The maximum absolute atomic E-state index is 11.5. The van der Waals surface area contributed by atoms with Crippen molar-refractivity contribution >= 4 is 26.4 Å². The number of piperidine rings is 1. The molecule has 9 heteroatoms. The van der Waals surface area contributed by atoms with Crippen LogP contribution in [0.15, 0.2) is 36.7 Å². The van der Waals surface area contributed by atoms with Crippen LogP contribution in [0, 0.1) is 0 Å². The van der Waals surface area contributed by atoms with Gasteiger partial charge in [-0.15, -0.1) is 0 Å². The molecule has 1 fully saturated rings. The number of methoxy groups -OCH3 is 1. The van der Waals surface area contributed by atoms with Gasteiger partial charge in [0.25, 0.3) is 0 Å². The van der Waals surface area contributed by atoms with E-state index in [1.807, 2.05) is 12.1 Å². The lowest BCUT2D eigenvalue weighted by molar-refractivity contribution is 0.223. The molecule has 3 aromatic heterocycles. The Morgan fingerprint density at radius 2 is 1.94 bits per heavy atom. The molecule has 5 rings (SSSR count). The van der Waals surface area contributed by atoms with Crippen LogP contribution >= 0.6 is 0 Å². The van der Waals surface area contributed by atoms with Gasteiger partial charge in [0.05, 0.1) is 18.6 Å². The number of nitrogens with zero attached hydrogens (tertiary/aromatic N) is 4. The van der Waals surface area contributed by atoms with E-state index in [1.165, 1.54) is 29.1 Å². The van der Waals surface area contributed by atoms with Crippen molar-refractivity contribution in [1.82, 2.24) is 24.5 Å². The van der Waals surface area contributed by atoms with Crippen LogP contribution in [0.2, 0.25) is 0 Å². The quantitative estimate of drug-likeness (QED) is 0.412. The number of aromatic nitrogens is 4. The fraction of sp³-hybridized carbons (Fsp3) is 0.462. The number of sulfone groups is 1. The number of likely N-dealkylation sites (tertiary alicyclic amines) is 1. The molecule has 8 nitrogen and oxygen atoms in total. The van der Waals surface area contributed by atoms with Crippen molar-refractivity contribution in [2.75, 3.05) is 38.8 Å². The summed E-state index contributed by atoms with van der Waals surface area (Å²) in [4.78, 5) is 10.3. The van der Waals surface area contributed by atoms with Gasteiger partial charge in [-0.25, -0.2) is 13.4 Å². The summed E-state index contributed by atoms with van der Waals surface area (Å²) in [6.45, 7) is 6.96. The molecule has 35 heavy (non-hydrogen) atoms. The van der Waals surface area contributed by atoms with Crippen molar-refractivity contribution in [1.29, 1.82) is 0 Å². The van der Waals surface area contributed by atoms with E-state index >= 15 is 0 Å². The number of H-pyrrole nitrogens is 1. The van der Waals surface area contributed by atoms with Gasteiger partial charge in [0.1, 0.15) is 16.2 Å². The molecule has 4 heterocycles. The van der Waals surface area contributed by atoms with E-state index < -0.39 is 9.84 Å². The summed E-state index contributed by atoms with van der Waals surface area (Å²) >= 11 is 0. The predicted octanol–water partition coefficient (Wildman–Crippen LogP) is 4.23. The Morgan fingerprint density at radius 3 is 2.63 bits per heavy atom. The van der Waals surface area contributed by atoms with E-state index in [1.54, 1.807) is 11.6 Å². The third-order valence-electron chi connectivity index (χ3n) is 7.12. The molecule has 0 atom stereocenters. The van der Waals surface area contributed by atoms with E-state index in [0.29, 0.717) is 24.3 Å². The molecule has 4 aromatic rings. The van der Waals surface area contributed by atoms with Gasteiger partial charge in [-0.2, -0.15) is 9.61 Å². The highest BCUT2D eigenvalue weighted by molar-refractivity contribution is 7.90. The summed E-state index contributed by atoms with van der Waals surface area (Å²) in [6.07, 6.45) is 4.94. The molecular weight excluding hydrogens is 462 g/mol. The normalized spacial score (nSPS) is 16.0. The van der Waals surface area contributed by atoms with E-state index in [2.05, 4.69) is 52.0 Å². The average Bonchev–Trinajstić information content (AvgIpc) is 3.46. The third-order valence-corrected chi connectivity index (χ3v) is 8.05. The molecule has 1 aliphatic heterocycles. The second-order valence-corrected chi connectivity index (χ2v) is 12.2. The SMILES string of the molecule is COc1cc(-c2[nH]c3ccc(C4CCN(CCS(C)(=O)=O)CC4)cc3c2C(C)C)cc2ncnn12. The van der Waals surface area contributed by atoms with Crippen molar-refractivity contribution in [2.24, 2.45) is 0 Å². The molecule has 186 valence electrons. The van der Waals surface area contributed by atoms with Crippen molar-refractivity contribution < 1.29 is 13.2 Å². The van der Waals surface area contributed by atoms with Crippen LogP contribution in [0.3, 0.4) is 0 Å². The van der Waals surface area contributed by atoms with Gasteiger partial charge in [0.2, 0.25) is 5.88 Å². The molecule has 0 saturated carbocycles. The minimum atomic E-state index is -2.92. The monoisotopic (exact) mass is 495 g/mol. The number of ether oxygens (including phenoxy) is 1. The highest BCUT2D eigenvalue weighted by Crippen LogP contribution is 2.39. The smallest absolute Gasteiger partial charge is 0.216 e. The largest absolute Gasteiger partial charge is 0.481 e. The van der Waals surface area contributed by atoms with Crippen LogP contribution in [0.5, 0.6) is 5.88 Å². The first-order valence-electron chi connectivity index (χ1n) is 12.2. The van der Waals surface area contributed by atoms with E-state index in [4.69, 9.17) is 4.74 Å². The Labute approximate surface area is 206 Å². The minimum Gasteiger partial charge on any atom is -0.481 e. The number of nitrogens with one attached hydrogen (secondary N) is 1. The molecule has 0 amide bonds. The number of aromatic amines is 1. The Kier molecular flexibility index (Phi) is 6.31. The first-order valence-corrected chi connectivity index (χ1v) is 14.2. The molecule has 0 bridgehead atoms. The van der Waals surface area contributed by atoms with Gasteiger partial charge in [-0.3, -0.25) is 0 Å². The minimum absolute atomic E-state index is 0.235. The Bertz CT molecular complexity index is 1460. The zero-order valence-electron chi connectivity index (χ0n) is 20.8. The summed E-state index contributed by atoms with van der Waals surface area (Å²) in [7, 11) is -1.28. The van der Waals surface area contributed by atoms with Crippen LogP contribution in [-0.4, -0.2) is 71.7 Å². The summed E-state index contributed by atoms with van der Waals surface area (Å²) in [6, 6.07) is 10.8. The summed E-state index contributed by atoms with van der Waals surface area (Å²) < 4.78 is 30.3. The van der Waals surface area contributed by atoms with Crippen molar-refractivity contribution in [2.45, 2.75) is 38.5 Å². The van der Waals surface area contributed by atoms with Crippen LogP contribution in [0.1, 0.15) is 49.7 Å². The second-order valence-electron chi connectivity index (χ2n) is 9.94. The van der Waals surface area contributed by atoms with Crippen molar-refractivity contribution in [3.8, 4) is 17.1 Å². The van der Waals surface area contributed by atoms with Gasteiger partial charge < -0.3 is 14.6 Å². The Hall–Kier alpha value is -2.91. The van der Waals surface area contributed by atoms with Gasteiger partial charge in [0.15, 0.2) is 5.65 Å². The lowest BCUT2D eigenvalue weighted by Crippen LogP contribution is -2.36. The lowest BCUT2D eigenvalue weighted by atomic mass is 9.87. The molecule has 0 radical (unpaired) electrons. The highest BCUT2D eigenvalue weighted by atomic mass is 32.2. The molecule has 1 aliphatic rings. The zero-order chi connectivity index (χ0) is 24.7. The number of rotatable bonds is 7. The predicted molar refractivity (Wildman–Crippen MR) is 139 cm³/mol. The molecule has 1 N–H and O–H groups in total. The lowest BCUT2D eigenvalue weighted by Gasteiger charge is -2.32. The average molecular weight is 496 g/mol. The molecule has 1 saturated heterocycles. The summed E-state index contributed by atoms with van der Waals surface area (Å²) in [5.74, 6) is 1.69. The second kappa shape index (κ2) is 9.28. The Balaban J connectivity index is 1.46. The molecule has 1 aromatic carbocycles. The first-order chi connectivity index (χ1) is 16.7. The summed E-state index contributed by atoms with van der Waals surface area (Å²) in [5.41, 5.74) is 6.64. The number of pyridine rings is 1. The van der Waals surface area contributed by atoms with Crippen molar-refractivity contribution in [3.05, 3.63) is 47.8 Å². The van der Waals surface area contributed by atoms with Crippen molar-refractivity contribution in [3.63, 3.8) is 0 Å². The zero-order valence-corrected chi connectivity index (χ0v) is 21.6. The van der Waals surface area contributed by atoms with E-state index in [0.717, 1.165) is 48.4 Å². The fourth-order valence-corrected chi connectivity index (χ4v) is 5.87. The van der Waals surface area contributed by atoms with Gasteiger partial charge in [-0.1, -0.05) is 19.9 Å². The van der Waals surface area contributed by atoms with Crippen LogP contribution < -0.4 is 4.74 Å². The van der Waals surface area contributed by atoms with Crippen LogP contribution in [0.25, 0.3) is 27.8 Å². The number of benzene rings is 1. The van der Waals surface area contributed by atoms with Gasteiger partial charge >= 0.3 is 0 Å². The molecule has 0 aliphatic carbocycles. The standard InChI is InChI=1S/C26H33N5O3S/c1-17(2)25-21-13-19(18-7-9-30(10-8-18)11-12-35(4,32)33)5-6-22(21)29-26(25)20-14-23-27-16-28-31(23)24(15-20)34-3/h5-6,13-18,29H,7-12H2,1-4H3. The van der Waals surface area contributed by atoms with Crippen LogP contribution in [0.4, 0.5) is 0 Å². The third kappa shape index (κ3) is 4.79. The van der Waals surface area contributed by atoms with Gasteiger partial charge in [0, 0.05) is 35.3 Å². The van der Waals surface area contributed by atoms with E-state index in [9.17, 15) is 8.42 Å². The molecular formula is C26H33N5O3S. The van der Waals surface area contributed by atoms with Gasteiger partial charge in [-0.05, 0) is 67.1 Å². The first kappa shape index (κ1) is 23.8. The summed E-state index contributed by atoms with van der Waals surface area (Å²) in [5, 5.41) is 5.51. The number of hydrogen-bond acceptors (Lipinski definition) is 6. The van der Waals surface area contributed by atoms with Crippen LogP contribution in [-0.2, 0) is 9.84 Å². The topological polar surface area (TPSA) is 92.6 Å². The maximum Gasteiger partial charge on any atom is 0.216 e. The van der Waals surface area contributed by atoms with E-state index in [-0.39, 0.29) is 5.75 Å².